The van der Waals surface area contributed by atoms with E-state index in [1.165, 1.54) is 13.8 Å². The Balaban J connectivity index is 0.754. The number of fused-ring (bicyclic) bond motifs is 2. The molecule has 2 aliphatic carbocycles. The van der Waals surface area contributed by atoms with E-state index in [4.69, 9.17) is 5.10 Å². The number of hydrogen-bond donors (Lipinski definition) is 4. The summed E-state index contributed by atoms with van der Waals surface area (Å²) in [7, 11) is -10.1. The van der Waals surface area contributed by atoms with E-state index >= 15 is 0 Å². The lowest BCUT2D eigenvalue weighted by molar-refractivity contribution is -0.136. The first-order valence-corrected chi connectivity index (χ1v) is 24.0. The zero-order valence-corrected chi connectivity index (χ0v) is 36.7. The van der Waals surface area contributed by atoms with Crippen molar-refractivity contribution in [3.05, 3.63) is 77.1 Å². The summed E-state index contributed by atoms with van der Waals surface area (Å²) in [4.78, 5) is 70.5. The number of nitrogens with one attached hydrogen (secondary N) is 3. The molecule has 4 fully saturated rings. The Kier molecular flexibility index (Phi) is 10.5. The van der Waals surface area contributed by atoms with E-state index in [-0.39, 0.29) is 47.3 Å². The number of piperidine rings is 2. The molecule has 0 radical (unpaired) electrons. The molecule has 1 spiro atoms. The summed E-state index contributed by atoms with van der Waals surface area (Å²) in [5.74, 6) is -2.28. The summed E-state index contributed by atoms with van der Waals surface area (Å²) in [6, 6.07) is 9.12. The highest BCUT2D eigenvalue weighted by Crippen LogP contribution is 3.01. The fourth-order valence-corrected chi connectivity index (χ4v) is 11.2. The number of likely N-dealkylation sites (tertiary alicyclic amines) is 1. The Labute approximate surface area is 371 Å². The molecule has 2 saturated carbocycles. The van der Waals surface area contributed by atoms with E-state index in [9.17, 15) is 48.5 Å². The zero-order valence-electron chi connectivity index (χ0n) is 35.9. The molecule has 5 amide bonds. The highest BCUT2D eigenvalue weighted by Gasteiger charge is 2.67. The number of pyridine rings is 1. The Morgan fingerprint density at radius 1 is 0.908 bits per heavy atom. The summed E-state index contributed by atoms with van der Waals surface area (Å²) in [6.07, 6.45) is 10.3. The largest absolute Gasteiger partial charge is 0.386 e. The number of carbonyl (C=O) groups excluding carboxylic acids is 5. The minimum Gasteiger partial charge on any atom is -0.386 e. The Hall–Kier alpha value is -5.47. The van der Waals surface area contributed by atoms with Crippen molar-refractivity contribution in [1.82, 2.24) is 29.9 Å². The molecular weight excluding hydrogens is 876 g/mol. The van der Waals surface area contributed by atoms with Gasteiger partial charge in [0.1, 0.15) is 11.7 Å². The van der Waals surface area contributed by atoms with E-state index in [0.717, 1.165) is 82.0 Å². The third-order valence-corrected chi connectivity index (χ3v) is 15.1. The van der Waals surface area contributed by atoms with Gasteiger partial charge in [0.25, 0.3) is 17.7 Å². The number of rotatable bonds is 11. The van der Waals surface area contributed by atoms with Gasteiger partial charge in [-0.05, 0) is 138 Å². The van der Waals surface area contributed by atoms with Crippen molar-refractivity contribution in [2.24, 2.45) is 17.3 Å². The number of hydrogen-bond acceptors (Lipinski definition) is 10. The molecule has 14 nitrogen and oxygen atoms in total. The highest BCUT2D eigenvalue weighted by atomic mass is 32.5. The maximum absolute atomic E-state index is 13.5. The maximum Gasteiger partial charge on any atom is 0.325 e. The molecule has 0 bridgehead atoms. The number of carbonyl (C=O) groups is 5. The number of aromatic nitrogens is 3. The maximum atomic E-state index is 13.5. The summed E-state index contributed by atoms with van der Waals surface area (Å²) in [6.45, 7) is 6.72. The zero-order chi connectivity index (χ0) is 46.3. The number of aliphatic hydroxyl groups is 1. The van der Waals surface area contributed by atoms with E-state index in [1.807, 2.05) is 10.9 Å². The van der Waals surface area contributed by atoms with Crippen molar-refractivity contribution in [2.75, 3.05) is 36.8 Å². The van der Waals surface area contributed by atoms with E-state index in [2.05, 4.69) is 25.8 Å². The molecule has 3 aliphatic heterocycles. The quantitative estimate of drug-likeness (QED) is 0.0845. The summed E-state index contributed by atoms with van der Waals surface area (Å²) in [5.41, 5.74) is -0.0752. The van der Waals surface area contributed by atoms with Crippen LogP contribution in [0.1, 0.15) is 121 Å². The molecule has 4 aromatic rings. The van der Waals surface area contributed by atoms with Crippen LogP contribution in [0.15, 0.2) is 59.8 Å². The van der Waals surface area contributed by atoms with Crippen molar-refractivity contribution in [3.63, 3.8) is 0 Å². The van der Waals surface area contributed by atoms with Gasteiger partial charge < -0.3 is 20.6 Å². The molecule has 65 heavy (non-hydrogen) atoms. The van der Waals surface area contributed by atoms with Crippen LogP contribution in [0.2, 0.25) is 0 Å². The van der Waals surface area contributed by atoms with E-state index in [1.54, 1.807) is 30.3 Å². The lowest BCUT2D eigenvalue weighted by Crippen LogP contribution is -2.54. The second kappa shape index (κ2) is 15.3. The second-order valence-corrected chi connectivity index (χ2v) is 21.6. The third-order valence-electron chi connectivity index (χ3n) is 14.0. The van der Waals surface area contributed by atoms with Gasteiger partial charge in [-0.25, -0.2) is 4.98 Å². The van der Waals surface area contributed by atoms with Crippen LogP contribution in [0.4, 0.5) is 30.8 Å². The number of anilines is 2. The fraction of sp³-hybridized carbons (Fsp3) is 0.489. The lowest BCUT2D eigenvalue weighted by Gasteiger charge is -2.53. The molecule has 2 aromatic carbocycles. The van der Waals surface area contributed by atoms with Gasteiger partial charge in [-0.2, -0.15) is 5.10 Å². The average Bonchev–Trinajstić information content (AvgIpc) is 3.76. The Morgan fingerprint density at radius 3 is 2.29 bits per heavy atom. The standard InChI is InChI=1S/C45H51F5N8O6S/c1-44(2,64)31-20-34-28(19-35(31)53-40(60)33-7-4-8-38(52-33)65(46,47,48,49)50)25-57(55-34)29-11-9-26(10-12-29)24-56-17-15-45(16-18-56)21-27(22-45)23-51-32-6-3-5-30-39(32)43(63)58(42(30)62)36-13-14-37(59)54-41(36)61/h3-8,19-20,25-27,29,36,51,64H,9-18,21-24H2,1-2H3,(H,53,60)(H,54,59,61). The molecule has 2 saturated heterocycles. The number of nitrogens with zero attached hydrogens (tertiary/aromatic N) is 5. The van der Waals surface area contributed by atoms with Crippen LogP contribution in [-0.4, -0.2) is 91.4 Å². The Bertz CT molecular complexity index is 2630. The molecule has 9 rings (SSSR count). The minimum atomic E-state index is -10.1. The summed E-state index contributed by atoms with van der Waals surface area (Å²) < 4.78 is 69.1. The Morgan fingerprint density at radius 2 is 1.62 bits per heavy atom. The number of amides is 5. The van der Waals surface area contributed by atoms with Crippen LogP contribution in [0, 0.1) is 17.3 Å². The molecule has 5 heterocycles. The smallest absolute Gasteiger partial charge is 0.325 e. The molecule has 20 heteroatoms. The van der Waals surface area contributed by atoms with Crippen molar-refractivity contribution >= 4 is 62.0 Å². The van der Waals surface area contributed by atoms with Gasteiger partial charge in [0.2, 0.25) is 11.8 Å². The van der Waals surface area contributed by atoms with Crippen LogP contribution < -0.4 is 16.0 Å². The highest BCUT2D eigenvalue weighted by molar-refractivity contribution is 8.45. The van der Waals surface area contributed by atoms with Gasteiger partial charge in [0.05, 0.1) is 28.3 Å². The molecule has 5 aliphatic rings. The minimum absolute atomic E-state index is 0.0634. The van der Waals surface area contributed by atoms with Crippen LogP contribution in [0.5, 0.6) is 0 Å². The predicted molar refractivity (Wildman–Crippen MR) is 232 cm³/mol. The molecular formula is C45H51F5N8O6S. The molecule has 1 atom stereocenters. The van der Waals surface area contributed by atoms with E-state index in [0.29, 0.717) is 46.5 Å². The van der Waals surface area contributed by atoms with Gasteiger partial charge >= 0.3 is 10.2 Å². The van der Waals surface area contributed by atoms with Gasteiger partial charge in [-0.3, -0.25) is 38.9 Å². The SMILES string of the molecule is CC(C)(O)c1cc2nn(C3CCC(CN4CCC5(CC4)CC(CNc4cccc6c4C(=O)N(C4CCC(=O)NC4=O)C6=O)C5)CC3)cc2cc1NC(=O)c1cccc(S(F)(F)(F)(F)F)n1. The third kappa shape index (κ3) is 8.95. The molecule has 4 N–H and O–H groups in total. The fourth-order valence-electron chi connectivity index (χ4n) is 10.6. The van der Waals surface area contributed by atoms with Gasteiger partial charge in [0.15, 0.2) is 5.03 Å². The van der Waals surface area contributed by atoms with Gasteiger partial charge in [0, 0.05) is 48.0 Å². The van der Waals surface area contributed by atoms with Crippen molar-refractivity contribution in [1.29, 1.82) is 0 Å². The normalized spacial score (nSPS) is 24.1. The topological polar surface area (TPSA) is 179 Å². The first-order valence-electron chi connectivity index (χ1n) is 22.0. The first-order chi connectivity index (χ1) is 30.4. The van der Waals surface area contributed by atoms with Crippen LogP contribution >= 0.6 is 10.2 Å². The van der Waals surface area contributed by atoms with Crippen LogP contribution in [0.3, 0.4) is 0 Å². The number of halogens is 5. The van der Waals surface area contributed by atoms with Crippen molar-refractivity contribution in [3.8, 4) is 0 Å². The second-order valence-electron chi connectivity index (χ2n) is 19.2. The number of imide groups is 2. The van der Waals surface area contributed by atoms with Gasteiger partial charge in [-0.1, -0.05) is 31.6 Å². The van der Waals surface area contributed by atoms with Crippen molar-refractivity contribution in [2.45, 2.75) is 101 Å². The lowest BCUT2D eigenvalue weighted by atomic mass is 9.57. The summed E-state index contributed by atoms with van der Waals surface area (Å²) >= 11 is 0. The molecule has 348 valence electrons. The monoisotopic (exact) mass is 926 g/mol. The first kappa shape index (κ1) is 44.7. The average molecular weight is 927 g/mol. The number of benzene rings is 2. The van der Waals surface area contributed by atoms with Crippen molar-refractivity contribution < 1.29 is 48.5 Å². The molecule has 2 aromatic heterocycles. The van der Waals surface area contributed by atoms with Crippen LogP contribution in [0.25, 0.3) is 10.9 Å². The van der Waals surface area contributed by atoms with E-state index < -0.39 is 62.1 Å². The summed E-state index contributed by atoms with van der Waals surface area (Å²) in [5, 5.41) is 22.1. The van der Waals surface area contributed by atoms with Crippen LogP contribution in [-0.2, 0) is 15.2 Å². The predicted octanol–water partition coefficient (Wildman–Crippen LogP) is 8.31. The van der Waals surface area contributed by atoms with Gasteiger partial charge in [-0.15, -0.1) is 0 Å². The molecule has 1 unspecified atom stereocenters.